The lowest BCUT2D eigenvalue weighted by molar-refractivity contribution is 0.419. The van der Waals surface area contributed by atoms with Gasteiger partial charge in [0.05, 0.1) is 0 Å². The van der Waals surface area contributed by atoms with E-state index in [1.807, 2.05) is 13.1 Å². The smallest absolute Gasteiger partial charge is 0.00428 e. The molecule has 0 atom stereocenters. The predicted molar refractivity (Wildman–Crippen MR) is 106 cm³/mol. The van der Waals surface area contributed by atoms with Crippen molar-refractivity contribution < 1.29 is 0 Å². The molecule has 0 bridgehead atoms. The van der Waals surface area contributed by atoms with Gasteiger partial charge in [0, 0.05) is 12.4 Å². The van der Waals surface area contributed by atoms with E-state index in [0.717, 1.165) is 25.3 Å². The number of nitrogens with one attached hydrogen (secondary N) is 2. The Morgan fingerprint density at radius 2 is 2.08 bits per heavy atom. The Morgan fingerprint density at radius 3 is 2.67 bits per heavy atom. The van der Waals surface area contributed by atoms with E-state index in [0.29, 0.717) is 0 Å². The van der Waals surface area contributed by atoms with Crippen LogP contribution in [-0.2, 0) is 0 Å². The minimum Gasteiger partial charge on any atom is -0.367 e. The van der Waals surface area contributed by atoms with Crippen molar-refractivity contribution >= 4 is 5.57 Å². The fraction of sp³-hybridized carbons (Fsp3) is 0.455. The minimum absolute atomic E-state index is 0.754. The van der Waals surface area contributed by atoms with Crippen LogP contribution in [0.3, 0.4) is 0 Å². The van der Waals surface area contributed by atoms with Crippen molar-refractivity contribution in [3.63, 3.8) is 0 Å². The molecule has 2 nitrogen and oxygen atoms in total. The van der Waals surface area contributed by atoms with Crippen molar-refractivity contribution in [1.29, 1.82) is 0 Å². The van der Waals surface area contributed by atoms with Gasteiger partial charge in [-0.05, 0) is 74.4 Å². The van der Waals surface area contributed by atoms with Crippen LogP contribution >= 0.6 is 0 Å². The second kappa shape index (κ2) is 9.48. The summed E-state index contributed by atoms with van der Waals surface area (Å²) in [6.45, 7) is 9.29. The maximum atomic E-state index is 3.90. The summed E-state index contributed by atoms with van der Waals surface area (Å²) in [5, 5.41) is 6.56. The standard InChI is InChI=1S/C22H32N2/c1-5-18(12-13-23-4)15-24-16-19(6-2)21-11-10-17(3)14-22(21)20-8-7-9-20/h5,10-11,14-16,20,23-24H,1,6-9,12-13H2,2-4H3/b18-15+,19-16-. The zero-order valence-corrected chi connectivity index (χ0v) is 15.5. The first-order valence-electron chi connectivity index (χ1n) is 9.21. The highest BCUT2D eigenvalue weighted by Crippen LogP contribution is 2.40. The summed E-state index contributed by atoms with van der Waals surface area (Å²) in [6.07, 6.45) is 12.2. The molecule has 2 heteroatoms. The van der Waals surface area contributed by atoms with Crippen LogP contribution in [-0.4, -0.2) is 13.6 Å². The topological polar surface area (TPSA) is 24.1 Å². The van der Waals surface area contributed by atoms with Crippen LogP contribution < -0.4 is 10.6 Å². The molecule has 1 aliphatic carbocycles. The summed E-state index contributed by atoms with van der Waals surface area (Å²) in [5.41, 5.74) is 6.93. The summed E-state index contributed by atoms with van der Waals surface area (Å²) >= 11 is 0. The second-order valence-electron chi connectivity index (χ2n) is 6.69. The Labute approximate surface area is 147 Å². The van der Waals surface area contributed by atoms with Crippen LogP contribution in [0.4, 0.5) is 0 Å². The maximum Gasteiger partial charge on any atom is 0.00428 e. The average molecular weight is 325 g/mol. The first kappa shape index (κ1) is 18.5. The molecular formula is C22H32N2. The molecule has 0 amide bonds. The van der Waals surface area contributed by atoms with Crippen LogP contribution in [0.1, 0.15) is 61.6 Å². The molecule has 1 aromatic rings. The Bertz CT molecular complexity index is 606. The van der Waals surface area contributed by atoms with Crippen LogP contribution in [0.2, 0.25) is 0 Å². The molecule has 130 valence electrons. The van der Waals surface area contributed by atoms with Gasteiger partial charge in [0.15, 0.2) is 0 Å². The molecule has 0 aliphatic heterocycles. The first-order chi connectivity index (χ1) is 11.7. The van der Waals surface area contributed by atoms with Crippen LogP contribution in [0, 0.1) is 6.92 Å². The van der Waals surface area contributed by atoms with Gasteiger partial charge in [-0.3, -0.25) is 0 Å². The third-order valence-electron chi connectivity index (χ3n) is 4.93. The van der Waals surface area contributed by atoms with Gasteiger partial charge in [-0.25, -0.2) is 0 Å². The summed E-state index contributed by atoms with van der Waals surface area (Å²) in [4.78, 5) is 0. The van der Waals surface area contributed by atoms with E-state index in [1.165, 1.54) is 41.5 Å². The van der Waals surface area contributed by atoms with Gasteiger partial charge < -0.3 is 10.6 Å². The first-order valence-corrected chi connectivity index (χ1v) is 9.21. The Balaban J connectivity index is 2.18. The zero-order chi connectivity index (χ0) is 17.4. The number of allylic oxidation sites excluding steroid dienone is 2. The summed E-state index contributed by atoms with van der Waals surface area (Å²) < 4.78 is 0. The van der Waals surface area contributed by atoms with Gasteiger partial charge in [-0.15, -0.1) is 0 Å². The fourth-order valence-corrected chi connectivity index (χ4v) is 3.15. The van der Waals surface area contributed by atoms with Crippen molar-refractivity contribution in [3.8, 4) is 0 Å². The van der Waals surface area contributed by atoms with Crippen LogP contribution in [0.15, 0.2) is 48.8 Å². The van der Waals surface area contributed by atoms with Gasteiger partial charge in [-0.2, -0.15) is 0 Å². The average Bonchev–Trinajstić information content (AvgIpc) is 2.54. The number of benzene rings is 1. The Hall–Kier alpha value is -1.80. The molecule has 0 heterocycles. The molecule has 0 radical (unpaired) electrons. The maximum absolute atomic E-state index is 3.90. The van der Waals surface area contributed by atoms with Crippen LogP contribution in [0.25, 0.3) is 5.57 Å². The van der Waals surface area contributed by atoms with Gasteiger partial charge in [0.2, 0.25) is 0 Å². The van der Waals surface area contributed by atoms with E-state index in [1.54, 1.807) is 5.56 Å². The predicted octanol–water partition coefficient (Wildman–Crippen LogP) is 5.28. The molecule has 0 aromatic heterocycles. The van der Waals surface area contributed by atoms with E-state index in [-0.39, 0.29) is 0 Å². The molecule has 1 saturated carbocycles. The highest BCUT2D eigenvalue weighted by molar-refractivity contribution is 5.69. The van der Waals surface area contributed by atoms with E-state index in [2.05, 4.69) is 61.7 Å². The van der Waals surface area contributed by atoms with E-state index < -0.39 is 0 Å². The fourth-order valence-electron chi connectivity index (χ4n) is 3.15. The number of hydrogen-bond acceptors (Lipinski definition) is 2. The summed E-state index contributed by atoms with van der Waals surface area (Å²) in [5.74, 6) is 0.754. The third-order valence-corrected chi connectivity index (χ3v) is 4.93. The monoisotopic (exact) mass is 324 g/mol. The van der Waals surface area contributed by atoms with Crippen molar-refractivity contribution in [2.45, 2.75) is 51.9 Å². The summed E-state index contributed by atoms with van der Waals surface area (Å²) in [6, 6.07) is 6.93. The van der Waals surface area contributed by atoms with E-state index in [9.17, 15) is 0 Å². The summed E-state index contributed by atoms with van der Waals surface area (Å²) in [7, 11) is 1.97. The molecule has 0 spiro atoms. The van der Waals surface area contributed by atoms with Crippen molar-refractivity contribution in [3.05, 3.63) is 65.5 Å². The molecule has 0 saturated heterocycles. The van der Waals surface area contributed by atoms with E-state index >= 15 is 0 Å². The molecule has 2 rings (SSSR count). The highest BCUT2D eigenvalue weighted by Gasteiger charge is 2.22. The van der Waals surface area contributed by atoms with Crippen molar-refractivity contribution in [2.24, 2.45) is 0 Å². The molecule has 24 heavy (non-hydrogen) atoms. The molecule has 2 N–H and O–H groups in total. The lowest BCUT2D eigenvalue weighted by Gasteiger charge is -2.29. The Kier molecular flexibility index (Phi) is 7.33. The SMILES string of the molecule is C=C/C(=C\N/C=C(/CC)c1ccc(C)cc1C1CCC1)CCNC. The van der Waals surface area contributed by atoms with Crippen molar-refractivity contribution in [2.75, 3.05) is 13.6 Å². The zero-order valence-electron chi connectivity index (χ0n) is 15.5. The molecule has 1 aliphatic rings. The Morgan fingerprint density at radius 1 is 1.29 bits per heavy atom. The van der Waals surface area contributed by atoms with Crippen LogP contribution in [0.5, 0.6) is 0 Å². The molecular weight excluding hydrogens is 292 g/mol. The third kappa shape index (κ3) is 4.85. The van der Waals surface area contributed by atoms with Gasteiger partial charge in [-0.1, -0.05) is 49.8 Å². The van der Waals surface area contributed by atoms with E-state index in [4.69, 9.17) is 0 Å². The minimum atomic E-state index is 0.754. The van der Waals surface area contributed by atoms with Gasteiger partial charge in [0.25, 0.3) is 0 Å². The highest BCUT2D eigenvalue weighted by atomic mass is 14.8. The molecule has 1 aromatic carbocycles. The number of aryl methyl sites for hydroxylation is 1. The molecule has 0 unspecified atom stereocenters. The number of hydrogen-bond donors (Lipinski definition) is 2. The second-order valence-corrected chi connectivity index (χ2v) is 6.69. The normalized spacial score (nSPS) is 16.0. The van der Waals surface area contributed by atoms with Gasteiger partial charge in [0.1, 0.15) is 0 Å². The lowest BCUT2D eigenvalue weighted by Crippen LogP contribution is -2.12. The van der Waals surface area contributed by atoms with Crippen molar-refractivity contribution in [1.82, 2.24) is 10.6 Å². The van der Waals surface area contributed by atoms with Gasteiger partial charge >= 0.3 is 0 Å². The quantitative estimate of drug-likeness (QED) is 0.604. The lowest BCUT2D eigenvalue weighted by atomic mass is 9.76. The number of rotatable bonds is 9. The molecule has 1 fully saturated rings. The largest absolute Gasteiger partial charge is 0.367 e.